The van der Waals surface area contributed by atoms with E-state index in [4.69, 9.17) is 51.8 Å². The summed E-state index contributed by atoms with van der Waals surface area (Å²) in [7, 11) is 0. The fourth-order valence-electron chi connectivity index (χ4n) is 2.92. The second-order valence-electron chi connectivity index (χ2n) is 6.98. The first-order valence-corrected chi connectivity index (χ1v) is 10.9. The molecular weight excluding hydrogens is 447 g/mol. The molecule has 0 radical (unpaired) electrons. The van der Waals surface area contributed by atoms with E-state index in [9.17, 15) is 0 Å². The number of aliphatic hydroxyl groups excluding tert-OH is 1. The lowest BCUT2D eigenvalue weighted by Gasteiger charge is -2.11. The number of aliphatic imine (C=N–C) groups is 1. The van der Waals surface area contributed by atoms with Gasteiger partial charge in [-0.05, 0) is 38.3 Å². The Morgan fingerprint density at radius 2 is 1.97 bits per heavy atom. The summed E-state index contributed by atoms with van der Waals surface area (Å²) in [5.41, 5.74) is 1.45. The van der Waals surface area contributed by atoms with Crippen molar-refractivity contribution in [3.63, 3.8) is 0 Å². The van der Waals surface area contributed by atoms with Gasteiger partial charge in [0.05, 0.1) is 29.8 Å². The van der Waals surface area contributed by atoms with Crippen LogP contribution in [0.5, 0.6) is 5.75 Å². The first-order chi connectivity index (χ1) is 15.0. The molecule has 3 rings (SSSR count). The number of hydrogen-bond donors (Lipinski definition) is 1. The lowest BCUT2D eigenvalue weighted by atomic mass is 10.1. The van der Waals surface area contributed by atoms with Crippen molar-refractivity contribution in [3.05, 3.63) is 45.3 Å². The van der Waals surface area contributed by atoms with Crippen LogP contribution in [-0.2, 0) is 27.2 Å². The van der Waals surface area contributed by atoms with Crippen LogP contribution in [0.3, 0.4) is 0 Å². The van der Waals surface area contributed by atoms with E-state index in [-0.39, 0.29) is 13.4 Å². The predicted octanol–water partition coefficient (Wildman–Crippen LogP) is 4.38. The average Bonchev–Trinajstić information content (AvgIpc) is 3.41. The number of benzene rings is 1. The van der Waals surface area contributed by atoms with E-state index in [1.807, 2.05) is 6.07 Å². The number of aliphatic hydroxyl groups is 1. The van der Waals surface area contributed by atoms with E-state index < -0.39 is 6.29 Å². The summed E-state index contributed by atoms with van der Waals surface area (Å²) in [6.45, 7) is 3.51. The number of rotatable bonds is 13. The van der Waals surface area contributed by atoms with Gasteiger partial charge in [0.25, 0.3) is 0 Å². The van der Waals surface area contributed by atoms with E-state index in [2.05, 4.69) is 10.1 Å². The molecular formula is C21H26Cl2N2O6. The monoisotopic (exact) mass is 472 g/mol. The Kier molecular flexibility index (Phi) is 9.42. The van der Waals surface area contributed by atoms with Crippen LogP contribution in [0.15, 0.2) is 27.7 Å². The second-order valence-corrected chi connectivity index (χ2v) is 7.79. The second kappa shape index (κ2) is 12.3. The van der Waals surface area contributed by atoms with Crippen LogP contribution in [0.25, 0.3) is 0 Å². The zero-order chi connectivity index (χ0) is 22.1. The third kappa shape index (κ3) is 7.66. The number of nitrogens with zero attached hydrogens (tertiary/aromatic N) is 2. The minimum atomic E-state index is -0.857. The highest BCUT2D eigenvalue weighted by molar-refractivity contribution is 6.37. The molecule has 170 valence electrons. The molecule has 1 aliphatic rings. The number of ether oxygens (including phenoxy) is 4. The van der Waals surface area contributed by atoms with Crippen LogP contribution in [0, 0.1) is 0 Å². The fourth-order valence-corrected chi connectivity index (χ4v) is 3.51. The maximum atomic E-state index is 8.99. The summed E-state index contributed by atoms with van der Waals surface area (Å²) in [5, 5.41) is 13.8. The van der Waals surface area contributed by atoms with Crippen LogP contribution in [0.2, 0.25) is 10.0 Å². The number of halogens is 2. The topological polar surface area (TPSA) is 95.5 Å². The third-order valence-electron chi connectivity index (χ3n) is 4.39. The number of aryl methyl sites for hydroxylation is 1. The minimum Gasteiger partial charge on any atom is -0.490 e. The van der Waals surface area contributed by atoms with E-state index in [0.29, 0.717) is 47.1 Å². The van der Waals surface area contributed by atoms with E-state index in [0.717, 1.165) is 37.0 Å². The van der Waals surface area contributed by atoms with Gasteiger partial charge in [-0.25, -0.2) is 4.99 Å². The highest BCUT2D eigenvalue weighted by Crippen LogP contribution is 2.35. The molecule has 2 aromatic rings. The van der Waals surface area contributed by atoms with Gasteiger partial charge in [-0.15, -0.1) is 0 Å². The number of aromatic nitrogens is 1. The molecule has 0 saturated carbocycles. The van der Waals surface area contributed by atoms with Crippen molar-refractivity contribution in [2.45, 2.75) is 45.5 Å². The molecule has 0 fully saturated rings. The first-order valence-electron chi connectivity index (χ1n) is 10.1. The molecule has 0 amide bonds. The summed E-state index contributed by atoms with van der Waals surface area (Å²) < 4.78 is 26.7. The van der Waals surface area contributed by atoms with Crippen molar-refractivity contribution in [3.8, 4) is 5.75 Å². The Balaban J connectivity index is 1.33. The smallest absolute Gasteiger partial charge is 0.216 e. The molecule has 1 unspecified atom stereocenters. The van der Waals surface area contributed by atoms with Crippen LogP contribution < -0.4 is 4.74 Å². The van der Waals surface area contributed by atoms with Gasteiger partial charge in [0.2, 0.25) is 5.90 Å². The largest absolute Gasteiger partial charge is 0.490 e. The van der Waals surface area contributed by atoms with Gasteiger partial charge < -0.3 is 28.6 Å². The zero-order valence-electron chi connectivity index (χ0n) is 17.3. The van der Waals surface area contributed by atoms with Crippen molar-refractivity contribution in [2.24, 2.45) is 4.99 Å². The Morgan fingerprint density at radius 1 is 1.16 bits per heavy atom. The average molecular weight is 473 g/mol. The molecule has 1 N–H and O–H groups in total. The van der Waals surface area contributed by atoms with E-state index >= 15 is 0 Å². The van der Waals surface area contributed by atoms with E-state index in [1.165, 1.54) is 6.92 Å². The number of unbranched alkanes of at least 4 members (excludes halogenated alkanes) is 2. The van der Waals surface area contributed by atoms with Gasteiger partial charge in [-0.3, -0.25) is 0 Å². The van der Waals surface area contributed by atoms with Crippen LogP contribution in [0.4, 0.5) is 0 Å². The SMILES string of the molecule is CC(O)OCOCc1cc(CCCCCOc2c(Cl)cc(C3=NCCO3)cc2Cl)on1. The van der Waals surface area contributed by atoms with Crippen LogP contribution in [0.1, 0.15) is 43.2 Å². The van der Waals surface area contributed by atoms with Gasteiger partial charge in [-0.1, -0.05) is 28.4 Å². The van der Waals surface area contributed by atoms with Gasteiger partial charge in [0.1, 0.15) is 24.9 Å². The van der Waals surface area contributed by atoms with Gasteiger partial charge in [0, 0.05) is 18.1 Å². The molecule has 1 aromatic heterocycles. The molecule has 1 aliphatic heterocycles. The molecule has 2 heterocycles. The Morgan fingerprint density at radius 3 is 2.68 bits per heavy atom. The Hall–Kier alpha value is -1.84. The molecule has 10 heteroatoms. The van der Waals surface area contributed by atoms with Crippen LogP contribution in [-0.4, -0.2) is 49.0 Å². The third-order valence-corrected chi connectivity index (χ3v) is 4.96. The normalized spacial score (nSPS) is 14.4. The maximum Gasteiger partial charge on any atom is 0.216 e. The van der Waals surface area contributed by atoms with E-state index in [1.54, 1.807) is 12.1 Å². The van der Waals surface area contributed by atoms with Crippen molar-refractivity contribution in [1.29, 1.82) is 0 Å². The molecule has 0 aliphatic carbocycles. The lowest BCUT2D eigenvalue weighted by Crippen LogP contribution is -2.09. The standard InChI is InChI=1S/C21H26Cl2N2O6/c1-14(26)30-13-27-12-16-11-17(31-25-16)5-3-2-4-7-28-20-18(22)9-15(10-19(20)23)21-24-6-8-29-21/h9-11,14,26H,2-8,12-13H2,1H3. The summed E-state index contributed by atoms with van der Waals surface area (Å²) in [4.78, 5) is 4.27. The molecule has 0 spiro atoms. The van der Waals surface area contributed by atoms with Gasteiger partial charge in [-0.2, -0.15) is 0 Å². The van der Waals surface area contributed by atoms with Crippen molar-refractivity contribution in [1.82, 2.24) is 5.16 Å². The summed E-state index contributed by atoms with van der Waals surface area (Å²) in [6.07, 6.45) is 2.65. The summed E-state index contributed by atoms with van der Waals surface area (Å²) in [5.74, 6) is 1.84. The lowest BCUT2D eigenvalue weighted by molar-refractivity contribution is -0.164. The fraction of sp³-hybridized carbons (Fsp3) is 0.524. The molecule has 0 bridgehead atoms. The predicted molar refractivity (Wildman–Crippen MR) is 116 cm³/mol. The molecule has 31 heavy (non-hydrogen) atoms. The Bertz CT molecular complexity index is 848. The van der Waals surface area contributed by atoms with Crippen molar-refractivity contribution < 1.29 is 28.6 Å². The highest BCUT2D eigenvalue weighted by Gasteiger charge is 2.16. The van der Waals surface area contributed by atoms with Gasteiger partial charge >= 0.3 is 0 Å². The van der Waals surface area contributed by atoms with Crippen molar-refractivity contribution in [2.75, 3.05) is 26.6 Å². The summed E-state index contributed by atoms with van der Waals surface area (Å²) >= 11 is 12.7. The number of hydrogen-bond acceptors (Lipinski definition) is 8. The van der Waals surface area contributed by atoms with Crippen LogP contribution >= 0.6 is 23.2 Å². The first kappa shape index (κ1) is 23.8. The molecule has 8 nitrogen and oxygen atoms in total. The highest BCUT2D eigenvalue weighted by atomic mass is 35.5. The zero-order valence-corrected chi connectivity index (χ0v) is 18.8. The summed E-state index contributed by atoms with van der Waals surface area (Å²) in [6, 6.07) is 5.38. The Labute approximate surface area is 191 Å². The van der Waals surface area contributed by atoms with Crippen molar-refractivity contribution >= 4 is 29.1 Å². The molecule has 0 saturated heterocycles. The van der Waals surface area contributed by atoms with Gasteiger partial charge in [0.15, 0.2) is 12.0 Å². The maximum absolute atomic E-state index is 8.99. The molecule has 1 atom stereocenters. The molecule has 1 aromatic carbocycles. The minimum absolute atomic E-state index is 0.000844. The quantitative estimate of drug-likeness (QED) is 0.341.